The van der Waals surface area contributed by atoms with Gasteiger partial charge in [-0.15, -0.1) is 10.2 Å². The van der Waals surface area contributed by atoms with E-state index in [4.69, 9.17) is 16.3 Å². The van der Waals surface area contributed by atoms with Crippen molar-refractivity contribution >= 4 is 35.0 Å². The molecule has 32 heavy (non-hydrogen) atoms. The maximum absolute atomic E-state index is 13.1. The molecule has 1 aliphatic carbocycles. The molecular formula is C21H18ClF3N4O2S. The molecular weight excluding hydrogens is 465 g/mol. The second-order valence-electron chi connectivity index (χ2n) is 7.10. The Bertz CT molecular complexity index is 1120. The molecule has 11 heteroatoms. The van der Waals surface area contributed by atoms with Crippen molar-refractivity contribution in [3.05, 3.63) is 64.9 Å². The highest BCUT2D eigenvalue weighted by atomic mass is 35.5. The van der Waals surface area contributed by atoms with Gasteiger partial charge in [0.2, 0.25) is 5.91 Å². The molecule has 0 radical (unpaired) electrons. The largest absolute Gasteiger partial charge is 0.484 e. The summed E-state index contributed by atoms with van der Waals surface area (Å²) in [6.45, 7) is 0.152. The third-order valence-corrected chi connectivity index (χ3v) is 5.93. The van der Waals surface area contributed by atoms with E-state index in [9.17, 15) is 18.0 Å². The number of amides is 1. The molecule has 0 aliphatic heterocycles. The summed E-state index contributed by atoms with van der Waals surface area (Å²) in [5.41, 5.74) is -1.17. The van der Waals surface area contributed by atoms with E-state index in [1.165, 1.54) is 18.2 Å². The topological polar surface area (TPSA) is 69.0 Å². The van der Waals surface area contributed by atoms with E-state index in [0.717, 1.165) is 30.7 Å². The molecule has 1 saturated carbocycles. The van der Waals surface area contributed by atoms with Crippen molar-refractivity contribution in [3.63, 3.8) is 0 Å². The molecule has 1 N–H and O–H groups in total. The molecule has 1 fully saturated rings. The van der Waals surface area contributed by atoms with Crippen molar-refractivity contribution in [2.75, 3.05) is 11.1 Å². The van der Waals surface area contributed by atoms with Gasteiger partial charge in [0.15, 0.2) is 11.0 Å². The molecule has 1 aliphatic rings. The number of carbonyl (C=O) groups excluding carboxylic acids is 1. The van der Waals surface area contributed by atoms with Gasteiger partial charge in [0.25, 0.3) is 0 Å². The van der Waals surface area contributed by atoms with Gasteiger partial charge in [-0.25, -0.2) is 0 Å². The van der Waals surface area contributed by atoms with Gasteiger partial charge in [0.05, 0.1) is 22.0 Å². The number of para-hydroxylation sites is 2. The monoisotopic (exact) mass is 482 g/mol. The molecule has 0 bridgehead atoms. The Morgan fingerprint density at radius 3 is 2.59 bits per heavy atom. The summed E-state index contributed by atoms with van der Waals surface area (Å²) in [6.07, 6.45) is -2.65. The fraction of sp³-hybridized carbons (Fsp3) is 0.286. The standard InChI is InChI=1S/C21H18ClF3N4O2S/c22-15-6-2-4-8-17(15)31-11-18-27-28-20(29(18)13-9-10-13)32-12-19(30)26-16-7-3-1-5-14(16)21(23,24)25/h1-8,13H,9-12H2,(H,26,30). The molecule has 1 heterocycles. The minimum absolute atomic E-state index is 0.109. The van der Waals surface area contributed by atoms with Gasteiger partial charge in [-0.1, -0.05) is 47.6 Å². The Morgan fingerprint density at radius 2 is 1.88 bits per heavy atom. The summed E-state index contributed by atoms with van der Waals surface area (Å²) in [4.78, 5) is 12.3. The minimum atomic E-state index is -4.56. The van der Waals surface area contributed by atoms with E-state index in [2.05, 4.69) is 15.5 Å². The normalized spacial score (nSPS) is 13.8. The summed E-state index contributed by atoms with van der Waals surface area (Å²) >= 11 is 7.23. The first-order valence-corrected chi connectivity index (χ1v) is 11.1. The zero-order valence-corrected chi connectivity index (χ0v) is 18.2. The zero-order valence-electron chi connectivity index (χ0n) is 16.6. The molecule has 0 saturated heterocycles. The molecule has 0 spiro atoms. The number of rotatable bonds is 8. The Labute approximate surface area is 191 Å². The van der Waals surface area contributed by atoms with Gasteiger partial charge in [-0.3, -0.25) is 9.36 Å². The number of aromatic nitrogens is 3. The molecule has 0 atom stereocenters. The van der Waals surface area contributed by atoms with Crippen LogP contribution in [-0.4, -0.2) is 26.4 Å². The van der Waals surface area contributed by atoms with Crippen LogP contribution in [0.3, 0.4) is 0 Å². The van der Waals surface area contributed by atoms with Crippen LogP contribution in [0, 0.1) is 0 Å². The van der Waals surface area contributed by atoms with Gasteiger partial charge >= 0.3 is 6.18 Å². The molecule has 1 aromatic heterocycles. The van der Waals surface area contributed by atoms with Crippen LogP contribution in [0.4, 0.5) is 18.9 Å². The predicted octanol–water partition coefficient (Wildman–Crippen LogP) is 5.60. The number of hydrogen-bond acceptors (Lipinski definition) is 5. The Balaban J connectivity index is 1.41. The number of nitrogens with zero attached hydrogens (tertiary/aromatic N) is 3. The predicted molar refractivity (Wildman–Crippen MR) is 115 cm³/mol. The first kappa shape index (κ1) is 22.5. The van der Waals surface area contributed by atoms with Crippen molar-refractivity contribution in [2.45, 2.75) is 36.8 Å². The van der Waals surface area contributed by atoms with Crippen LogP contribution in [0.25, 0.3) is 0 Å². The lowest BCUT2D eigenvalue weighted by molar-refractivity contribution is -0.137. The van der Waals surface area contributed by atoms with Crippen LogP contribution < -0.4 is 10.1 Å². The number of hydrogen-bond donors (Lipinski definition) is 1. The Morgan fingerprint density at radius 1 is 1.16 bits per heavy atom. The third kappa shape index (κ3) is 5.36. The number of benzene rings is 2. The minimum Gasteiger partial charge on any atom is -0.484 e. The van der Waals surface area contributed by atoms with Crippen molar-refractivity contribution in [3.8, 4) is 5.75 Å². The number of alkyl halides is 3. The number of ether oxygens (including phenoxy) is 1. The average molecular weight is 483 g/mol. The van der Waals surface area contributed by atoms with E-state index in [1.807, 2.05) is 10.6 Å². The third-order valence-electron chi connectivity index (χ3n) is 4.68. The van der Waals surface area contributed by atoms with Crippen LogP contribution in [0.5, 0.6) is 5.75 Å². The van der Waals surface area contributed by atoms with Gasteiger partial charge < -0.3 is 10.1 Å². The quantitative estimate of drug-likeness (QED) is 0.423. The highest BCUT2D eigenvalue weighted by molar-refractivity contribution is 7.99. The summed E-state index contributed by atoms with van der Waals surface area (Å²) < 4.78 is 47.0. The highest BCUT2D eigenvalue weighted by Crippen LogP contribution is 2.39. The molecule has 0 unspecified atom stereocenters. The van der Waals surface area contributed by atoms with Crippen LogP contribution in [-0.2, 0) is 17.6 Å². The lowest BCUT2D eigenvalue weighted by Gasteiger charge is -2.13. The maximum atomic E-state index is 13.1. The highest BCUT2D eigenvalue weighted by Gasteiger charge is 2.34. The average Bonchev–Trinajstić information content (AvgIpc) is 3.51. The second kappa shape index (κ2) is 9.41. The molecule has 3 aromatic rings. The van der Waals surface area contributed by atoms with Crippen LogP contribution >= 0.6 is 23.4 Å². The molecule has 1 amide bonds. The maximum Gasteiger partial charge on any atom is 0.418 e. The molecule has 4 rings (SSSR count). The van der Waals surface area contributed by atoms with E-state index in [-0.39, 0.29) is 24.1 Å². The number of anilines is 1. The molecule has 168 valence electrons. The zero-order chi connectivity index (χ0) is 22.7. The fourth-order valence-electron chi connectivity index (χ4n) is 3.06. The second-order valence-corrected chi connectivity index (χ2v) is 8.45. The van der Waals surface area contributed by atoms with Gasteiger partial charge in [0, 0.05) is 6.04 Å². The van der Waals surface area contributed by atoms with Gasteiger partial charge in [-0.05, 0) is 37.1 Å². The van der Waals surface area contributed by atoms with Crippen molar-refractivity contribution < 1.29 is 22.7 Å². The number of carbonyl (C=O) groups is 1. The number of nitrogens with one attached hydrogen (secondary N) is 1. The van der Waals surface area contributed by atoms with Gasteiger partial charge in [-0.2, -0.15) is 13.2 Å². The van der Waals surface area contributed by atoms with E-state index < -0.39 is 17.6 Å². The summed E-state index contributed by atoms with van der Waals surface area (Å²) in [6, 6.07) is 12.2. The van der Waals surface area contributed by atoms with E-state index in [0.29, 0.717) is 21.8 Å². The van der Waals surface area contributed by atoms with Crippen molar-refractivity contribution in [2.24, 2.45) is 0 Å². The summed E-state index contributed by atoms with van der Waals surface area (Å²) in [5, 5.41) is 11.7. The van der Waals surface area contributed by atoms with Crippen LogP contribution in [0.1, 0.15) is 30.3 Å². The lowest BCUT2D eigenvalue weighted by atomic mass is 10.1. The SMILES string of the molecule is O=C(CSc1nnc(COc2ccccc2Cl)n1C1CC1)Nc1ccccc1C(F)(F)F. The van der Waals surface area contributed by atoms with Crippen LogP contribution in [0.15, 0.2) is 53.7 Å². The smallest absolute Gasteiger partial charge is 0.418 e. The van der Waals surface area contributed by atoms with Gasteiger partial charge in [0.1, 0.15) is 12.4 Å². The summed E-state index contributed by atoms with van der Waals surface area (Å²) in [7, 11) is 0. The number of thioether (sulfide) groups is 1. The Kier molecular flexibility index (Phi) is 6.61. The lowest BCUT2D eigenvalue weighted by Crippen LogP contribution is -2.18. The number of halogens is 4. The van der Waals surface area contributed by atoms with Crippen LogP contribution in [0.2, 0.25) is 5.02 Å². The fourth-order valence-corrected chi connectivity index (χ4v) is 4.08. The van der Waals surface area contributed by atoms with Crippen molar-refractivity contribution in [1.82, 2.24) is 14.8 Å². The Hall–Kier alpha value is -2.72. The molecule has 2 aromatic carbocycles. The first-order chi connectivity index (χ1) is 15.3. The summed E-state index contributed by atoms with van der Waals surface area (Å²) in [5.74, 6) is 0.447. The van der Waals surface area contributed by atoms with E-state index >= 15 is 0 Å². The van der Waals surface area contributed by atoms with E-state index in [1.54, 1.807) is 18.2 Å². The first-order valence-electron chi connectivity index (χ1n) is 9.73. The molecule has 6 nitrogen and oxygen atoms in total. The van der Waals surface area contributed by atoms with Crippen molar-refractivity contribution in [1.29, 1.82) is 0 Å².